The van der Waals surface area contributed by atoms with Crippen molar-refractivity contribution in [2.75, 3.05) is 11.9 Å². The average Bonchev–Trinajstić information content (AvgIpc) is 2.75. The fourth-order valence-corrected chi connectivity index (χ4v) is 2.17. The van der Waals surface area contributed by atoms with E-state index in [1.165, 1.54) is 6.07 Å². The Balaban J connectivity index is 1.86. The predicted octanol–water partition coefficient (Wildman–Crippen LogP) is 2.91. The fourth-order valence-electron chi connectivity index (χ4n) is 1.39. The molecule has 0 unspecified atom stereocenters. The lowest BCUT2D eigenvalue weighted by Gasteiger charge is -2.06. The summed E-state index contributed by atoms with van der Waals surface area (Å²) in [7, 11) is 0. The number of halogens is 3. The average molecular weight is 288 g/mol. The summed E-state index contributed by atoms with van der Waals surface area (Å²) in [6.07, 6.45) is -3.76. The maximum Gasteiger partial charge on any atom is 0.435 e. The SMILES string of the molecule is Cc1csc(CCNc2ccc(C(F)(F)F)nn2)n1. The summed E-state index contributed by atoms with van der Waals surface area (Å²) in [5, 5.41) is 12.4. The standard InChI is InChI=1S/C11H11F3N4S/c1-7-6-19-10(16-7)4-5-15-9-3-2-8(17-18-9)11(12,13)14/h2-3,6H,4-5H2,1H3,(H,15,18). The Morgan fingerprint density at radius 2 is 2.05 bits per heavy atom. The topological polar surface area (TPSA) is 50.7 Å². The Morgan fingerprint density at radius 3 is 2.58 bits per heavy atom. The van der Waals surface area contributed by atoms with Gasteiger partial charge in [0.25, 0.3) is 0 Å². The third-order valence-corrected chi connectivity index (χ3v) is 3.29. The summed E-state index contributed by atoms with van der Waals surface area (Å²) < 4.78 is 36.8. The fraction of sp³-hybridized carbons (Fsp3) is 0.364. The van der Waals surface area contributed by atoms with Crippen LogP contribution in [0.15, 0.2) is 17.5 Å². The molecule has 19 heavy (non-hydrogen) atoms. The first-order chi connectivity index (χ1) is 8.95. The van der Waals surface area contributed by atoms with E-state index < -0.39 is 11.9 Å². The first-order valence-corrected chi connectivity index (χ1v) is 6.39. The van der Waals surface area contributed by atoms with Crippen molar-refractivity contribution in [3.8, 4) is 0 Å². The number of nitrogens with zero attached hydrogens (tertiary/aromatic N) is 3. The molecule has 0 radical (unpaired) electrons. The third-order valence-electron chi connectivity index (χ3n) is 2.27. The number of hydrogen-bond acceptors (Lipinski definition) is 5. The Morgan fingerprint density at radius 1 is 1.26 bits per heavy atom. The van der Waals surface area contributed by atoms with Gasteiger partial charge in [-0.15, -0.1) is 21.5 Å². The van der Waals surface area contributed by atoms with Crippen LogP contribution in [0.2, 0.25) is 0 Å². The molecule has 0 saturated heterocycles. The van der Waals surface area contributed by atoms with Crippen molar-refractivity contribution in [2.24, 2.45) is 0 Å². The molecule has 2 aromatic rings. The zero-order chi connectivity index (χ0) is 13.9. The van der Waals surface area contributed by atoms with E-state index in [1.54, 1.807) is 11.3 Å². The summed E-state index contributed by atoms with van der Waals surface area (Å²) in [6.45, 7) is 2.46. The van der Waals surface area contributed by atoms with Gasteiger partial charge in [-0.3, -0.25) is 0 Å². The molecule has 2 heterocycles. The number of rotatable bonds is 4. The van der Waals surface area contributed by atoms with Crippen LogP contribution in [0, 0.1) is 6.92 Å². The van der Waals surface area contributed by atoms with E-state index in [1.807, 2.05) is 12.3 Å². The van der Waals surface area contributed by atoms with Crippen LogP contribution in [-0.4, -0.2) is 21.7 Å². The number of alkyl halides is 3. The molecule has 0 saturated carbocycles. The second-order valence-electron chi connectivity index (χ2n) is 3.86. The quantitative estimate of drug-likeness (QED) is 0.940. The number of aromatic nitrogens is 3. The van der Waals surface area contributed by atoms with E-state index in [4.69, 9.17) is 0 Å². The van der Waals surface area contributed by atoms with E-state index >= 15 is 0 Å². The highest BCUT2D eigenvalue weighted by Crippen LogP contribution is 2.27. The van der Waals surface area contributed by atoms with E-state index in [0.29, 0.717) is 18.8 Å². The molecule has 0 aliphatic heterocycles. The molecule has 2 aromatic heterocycles. The van der Waals surface area contributed by atoms with Gasteiger partial charge in [0, 0.05) is 24.0 Å². The minimum Gasteiger partial charge on any atom is -0.368 e. The number of nitrogens with one attached hydrogen (secondary N) is 1. The smallest absolute Gasteiger partial charge is 0.368 e. The molecule has 1 N–H and O–H groups in total. The molecule has 0 atom stereocenters. The van der Waals surface area contributed by atoms with Gasteiger partial charge in [0.2, 0.25) is 0 Å². The number of anilines is 1. The van der Waals surface area contributed by atoms with Crippen LogP contribution in [0.5, 0.6) is 0 Å². The lowest BCUT2D eigenvalue weighted by molar-refractivity contribution is -0.141. The minimum absolute atomic E-state index is 0.321. The maximum atomic E-state index is 12.3. The van der Waals surface area contributed by atoms with Gasteiger partial charge in [0.15, 0.2) is 5.69 Å². The van der Waals surface area contributed by atoms with Gasteiger partial charge in [0.1, 0.15) is 5.82 Å². The molecule has 0 amide bonds. The van der Waals surface area contributed by atoms with Crippen LogP contribution < -0.4 is 5.32 Å². The van der Waals surface area contributed by atoms with Crippen LogP contribution in [0.25, 0.3) is 0 Å². The predicted molar refractivity (Wildman–Crippen MR) is 66.1 cm³/mol. The van der Waals surface area contributed by atoms with Crippen LogP contribution in [-0.2, 0) is 12.6 Å². The zero-order valence-corrected chi connectivity index (χ0v) is 10.8. The van der Waals surface area contributed by atoms with E-state index in [-0.39, 0.29) is 0 Å². The molecule has 102 valence electrons. The third kappa shape index (κ3) is 3.88. The Labute approximate surface area is 111 Å². The van der Waals surface area contributed by atoms with Crippen molar-refractivity contribution in [3.05, 3.63) is 33.9 Å². The van der Waals surface area contributed by atoms with Crippen molar-refractivity contribution in [1.82, 2.24) is 15.2 Å². The maximum absolute atomic E-state index is 12.3. The normalized spacial score (nSPS) is 11.6. The van der Waals surface area contributed by atoms with Gasteiger partial charge >= 0.3 is 6.18 Å². The van der Waals surface area contributed by atoms with Crippen LogP contribution in [0.3, 0.4) is 0 Å². The number of hydrogen-bond donors (Lipinski definition) is 1. The number of thiazole rings is 1. The summed E-state index contributed by atoms with van der Waals surface area (Å²) in [6, 6.07) is 2.17. The van der Waals surface area contributed by atoms with E-state index in [9.17, 15) is 13.2 Å². The monoisotopic (exact) mass is 288 g/mol. The molecule has 2 rings (SSSR count). The first-order valence-electron chi connectivity index (χ1n) is 5.51. The molecule has 0 aromatic carbocycles. The molecule has 0 fully saturated rings. The van der Waals surface area contributed by atoms with E-state index in [0.717, 1.165) is 16.8 Å². The Bertz CT molecular complexity index is 536. The zero-order valence-electron chi connectivity index (χ0n) is 10.0. The van der Waals surface area contributed by atoms with Crippen molar-refractivity contribution in [3.63, 3.8) is 0 Å². The van der Waals surface area contributed by atoms with Crippen molar-refractivity contribution < 1.29 is 13.2 Å². The highest BCUT2D eigenvalue weighted by Gasteiger charge is 2.32. The van der Waals surface area contributed by atoms with E-state index in [2.05, 4.69) is 20.5 Å². The molecule has 0 spiro atoms. The van der Waals surface area contributed by atoms with Gasteiger partial charge in [-0.05, 0) is 19.1 Å². The summed E-state index contributed by atoms with van der Waals surface area (Å²) >= 11 is 1.55. The summed E-state index contributed by atoms with van der Waals surface area (Å²) in [5.74, 6) is 0.321. The highest BCUT2D eigenvalue weighted by atomic mass is 32.1. The molecular formula is C11H11F3N4S. The van der Waals surface area contributed by atoms with Crippen LogP contribution in [0.4, 0.5) is 19.0 Å². The van der Waals surface area contributed by atoms with Gasteiger partial charge in [-0.1, -0.05) is 0 Å². The molecule has 4 nitrogen and oxygen atoms in total. The summed E-state index contributed by atoms with van der Waals surface area (Å²) in [4.78, 5) is 4.28. The van der Waals surface area contributed by atoms with Gasteiger partial charge in [-0.25, -0.2) is 4.98 Å². The largest absolute Gasteiger partial charge is 0.435 e. The van der Waals surface area contributed by atoms with Gasteiger partial charge in [-0.2, -0.15) is 13.2 Å². The second kappa shape index (κ2) is 5.52. The van der Waals surface area contributed by atoms with Crippen molar-refractivity contribution in [2.45, 2.75) is 19.5 Å². The first kappa shape index (κ1) is 13.7. The number of aryl methyl sites for hydroxylation is 1. The van der Waals surface area contributed by atoms with Crippen molar-refractivity contribution >= 4 is 17.2 Å². The van der Waals surface area contributed by atoms with Crippen LogP contribution in [0.1, 0.15) is 16.4 Å². The molecular weight excluding hydrogens is 277 g/mol. The Hall–Kier alpha value is -1.70. The van der Waals surface area contributed by atoms with Gasteiger partial charge < -0.3 is 5.32 Å². The summed E-state index contributed by atoms with van der Waals surface area (Å²) in [5.41, 5.74) is -0.0251. The van der Waals surface area contributed by atoms with Crippen molar-refractivity contribution in [1.29, 1.82) is 0 Å². The highest BCUT2D eigenvalue weighted by molar-refractivity contribution is 7.09. The second-order valence-corrected chi connectivity index (χ2v) is 4.80. The lowest BCUT2D eigenvalue weighted by atomic mass is 10.3. The lowest BCUT2D eigenvalue weighted by Crippen LogP contribution is -2.11. The molecule has 8 heteroatoms. The minimum atomic E-state index is -4.45. The molecule has 0 aliphatic carbocycles. The molecule has 0 bridgehead atoms. The van der Waals surface area contributed by atoms with Gasteiger partial charge in [0.05, 0.1) is 5.01 Å². The van der Waals surface area contributed by atoms with Crippen LogP contribution >= 0.6 is 11.3 Å². The Kier molecular flexibility index (Phi) is 3.98. The molecule has 0 aliphatic rings.